The molecule has 0 aromatic heterocycles. The minimum atomic E-state index is -0.343. The maximum atomic E-state index is 9.15. The summed E-state index contributed by atoms with van der Waals surface area (Å²) < 4.78 is 10.5. The zero-order valence-electron chi connectivity index (χ0n) is 10.0. The van der Waals surface area contributed by atoms with Gasteiger partial charge >= 0.3 is 0 Å². The number of para-hydroxylation sites is 1. The van der Waals surface area contributed by atoms with E-state index in [1.54, 1.807) is 14.2 Å². The van der Waals surface area contributed by atoms with Crippen LogP contribution in [0.4, 0.5) is 0 Å². The third-order valence-corrected chi connectivity index (χ3v) is 2.37. The Morgan fingerprint density at radius 3 is 2.38 bits per heavy atom. The minimum absolute atomic E-state index is 0.343. The molecule has 0 amide bonds. The van der Waals surface area contributed by atoms with Crippen LogP contribution in [0.5, 0.6) is 11.5 Å². The maximum Gasteiger partial charge on any atom is 0.166 e. The molecule has 0 radical (unpaired) electrons. The lowest BCUT2D eigenvalue weighted by atomic mass is 10.1. The van der Waals surface area contributed by atoms with E-state index >= 15 is 0 Å². The number of ether oxygens (including phenoxy) is 2. The van der Waals surface area contributed by atoms with Gasteiger partial charge in [-0.1, -0.05) is 12.1 Å². The highest BCUT2D eigenvalue weighted by atomic mass is 16.5. The van der Waals surface area contributed by atoms with E-state index in [1.165, 1.54) is 0 Å². The van der Waals surface area contributed by atoms with Crippen molar-refractivity contribution in [2.45, 2.75) is 6.04 Å². The Kier molecular flexibility index (Phi) is 4.15. The predicted molar refractivity (Wildman–Crippen MR) is 61.6 cm³/mol. The SMILES string of the molecule is COc1cccc(C(C#N)N(C)C)c1OC. The van der Waals surface area contributed by atoms with E-state index in [1.807, 2.05) is 37.2 Å². The van der Waals surface area contributed by atoms with Gasteiger partial charge in [0, 0.05) is 5.56 Å². The molecule has 0 aliphatic carbocycles. The Labute approximate surface area is 96.0 Å². The summed E-state index contributed by atoms with van der Waals surface area (Å²) in [6.07, 6.45) is 0. The van der Waals surface area contributed by atoms with Gasteiger partial charge in [0.1, 0.15) is 6.04 Å². The Bertz CT molecular complexity index is 396. The summed E-state index contributed by atoms with van der Waals surface area (Å²) in [4.78, 5) is 1.83. The number of nitriles is 1. The van der Waals surface area contributed by atoms with Gasteiger partial charge in [0.25, 0.3) is 0 Å². The molecule has 0 spiro atoms. The van der Waals surface area contributed by atoms with Crippen molar-refractivity contribution in [2.24, 2.45) is 0 Å². The topological polar surface area (TPSA) is 45.5 Å². The Morgan fingerprint density at radius 2 is 1.94 bits per heavy atom. The van der Waals surface area contributed by atoms with Crippen LogP contribution in [0.25, 0.3) is 0 Å². The van der Waals surface area contributed by atoms with Crippen molar-refractivity contribution in [3.05, 3.63) is 23.8 Å². The van der Waals surface area contributed by atoms with Gasteiger partial charge in [-0.05, 0) is 20.2 Å². The van der Waals surface area contributed by atoms with Gasteiger partial charge in [0.2, 0.25) is 0 Å². The van der Waals surface area contributed by atoms with Gasteiger partial charge in [-0.25, -0.2) is 0 Å². The molecule has 1 atom stereocenters. The fourth-order valence-corrected chi connectivity index (χ4v) is 1.59. The van der Waals surface area contributed by atoms with Crippen LogP contribution in [0.15, 0.2) is 18.2 Å². The summed E-state index contributed by atoms with van der Waals surface area (Å²) in [5.41, 5.74) is 0.814. The van der Waals surface area contributed by atoms with Gasteiger partial charge in [-0.2, -0.15) is 5.26 Å². The predicted octanol–water partition coefficient (Wildman–Crippen LogP) is 1.83. The first kappa shape index (κ1) is 12.3. The zero-order valence-corrected chi connectivity index (χ0v) is 10.0. The van der Waals surface area contributed by atoms with Gasteiger partial charge in [-0.3, -0.25) is 4.90 Å². The average Bonchev–Trinajstić information content (AvgIpc) is 2.29. The van der Waals surface area contributed by atoms with E-state index in [4.69, 9.17) is 14.7 Å². The molecular weight excluding hydrogens is 204 g/mol. The fraction of sp³-hybridized carbons (Fsp3) is 0.417. The van der Waals surface area contributed by atoms with Crippen molar-refractivity contribution >= 4 is 0 Å². The van der Waals surface area contributed by atoms with E-state index < -0.39 is 0 Å². The minimum Gasteiger partial charge on any atom is -0.493 e. The van der Waals surface area contributed by atoms with E-state index in [0.29, 0.717) is 11.5 Å². The van der Waals surface area contributed by atoms with Crippen LogP contribution in [0.2, 0.25) is 0 Å². The molecule has 1 aromatic rings. The molecule has 1 unspecified atom stereocenters. The first-order chi connectivity index (χ1) is 7.65. The third-order valence-electron chi connectivity index (χ3n) is 2.37. The van der Waals surface area contributed by atoms with Crippen LogP contribution in [0, 0.1) is 11.3 Å². The Hall–Kier alpha value is -1.73. The van der Waals surface area contributed by atoms with Crippen molar-refractivity contribution in [1.29, 1.82) is 5.26 Å². The largest absolute Gasteiger partial charge is 0.493 e. The lowest BCUT2D eigenvalue weighted by molar-refractivity contribution is 0.323. The van der Waals surface area contributed by atoms with Gasteiger partial charge in [-0.15, -0.1) is 0 Å². The molecular formula is C12H16N2O2. The van der Waals surface area contributed by atoms with Crippen molar-refractivity contribution in [3.8, 4) is 17.6 Å². The fourth-order valence-electron chi connectivity index (χ4n) is 1.59. The molecule has 0 N–H and O–H groups in total. The standard InChI is InChI=1S/C12H16N2O2/c1-14(2)10(8-13)9-6-5-7-11(15-3)12(9)16-4/h5-7,10H,1-4H3. The summed E-state index contributed by atoms with van der Waals surface area (Å²) in [6, 6.07) is 7.43. The van der Waals surface area contributed by atoms with Crippen molar-refractivity contribution in [3.63, 3.8) is 0 Å². The number of benzene rings is 1. The molecule has 0 aliphatic heterocycles. The summed E-state index contributed by atoms with van der Waals surface area (Å²) >= 11 is 0. The second-order valence-corrected chi connectivity index (χ2v) is 3.58. The molecule has 0 fully saturated rings. The molecule has 86 valence electrons. The lowest BCUT2D eigenvalue weighted by Crippen LogP contribution is -2.19. The molecule has 4 nitrogen and oxygen atoms in total. The van der Waals surface area contributed by atoms with E-state index in [-0.39, 0.29) is 6.04 Å². The molecule has 0 aliphatic rings. The van der Waals surface area contributed by atoms with Crippen molar-refractivity contribution in [1.82, 2.24) is 4.90 Å². The highest BCUT2D eigenvalue weighted by Gasteiger charge is 2.20. The number of nitrogens with zero attached hydrogens (tertiary/aromatic N) is 2. The van der Waals surface area contributed by atoms with Crippen molar-refractivity contribution < 1.29 is 9.47 Å². The smallest absolute Gasteiger partial charge is 0.166 e. The lowest BCUT2D eigenvalue weighted by Gasteiger charge is -2.20. The molecule has 1 aromatic carbocycles. The molecule has 0 heterocycles. The van der Waals surface area contributed by atoms with E-state index in [0.717, 1.165) is 5.56 Å². The van der Waals surface area contributed by atoms with E-state index in [2.05, 4.69) is 6.07 Å². The highest BCUT2D eigenvalue weighted by molar-refractivity contribution is 5.49. The Balaban J connectivity index is 3.27. The summed E-state index contributed by atoms with van der Waals surface area (Å²) in [5.74, 6) is 1.26. The number of rotatable bonds is 4. The maximum absolute atomic E-state index is 9.15. The third kappa shape index (κ3) is 2.26. The second kappa shape index (κ2) is 5.38. The summed E-state index contributed by atoms with van der Waals surface area (Å²) in [5, 5.41) is 9.15. The number of methoxy groups -OCH3 is 2. The van der Waals surface area contributed by atoms with Gasteiger partial charge in [0.05, 0.1) is 20.3 Å². The van der Waals surface area contributed by atoms with Gasteiger partial charge < -0.3 is 9.47 Å². The van der Waals surface area contributed by atoms with Crippen molar-refractivity contribution in [2.75, 3.05) is 28.3 Å². The van der Waals surface area contributed by atoms with Crippen LogP contribution in [0.1, 0.15) is 11.6 Å². The second-order valence-electron chi connectivity index (χ2n) is 3.58. The molecule has 1 rings (SSSR count). The van der Waals surface area contributed by atoms with Crippen LogP contribution in [0.3, 0.4) is 0 Å². The van der Waals surface area contributed by atoms with E-state index in [9.17, 15) is 0 Å². The normalized spacial score (nSPS) is 12.0. The Morgan fingerprint density at radius 1 is 1.25 bits per heavy atom. The quantitative estimate of drug-likeness (QED) is 0.776. The molecule has 4 heteroatoms. The summed E-state index contributed by atoms with van der Waals surface area (Å²) in [6.45, 7) is 0. The number of hydrogen-bond donors (Lipinski definition) is 0. The van der Waals surface area contributed by atoms with Crippen LogP contribution in [-0.4, -0.2) is 33.2 Å². The molecule has 0 bridgehead atoms. The van der Waals surface area contributed by atoms with Gasteiger partial charge in [0.15, 0.2) is 11.5 Å². The monoisotopic (exact) mass is 220 g/mol. The molecule has 0 saturated carbocycles. The zero-order chi connectivity index (χ0) is 12.1. The van der Waals surface area contributed by atoms with Crippen LogP contribution < -0.4 is 9.47 Å². The highest BCUT2D eigenvalue weighted by Crippen LogP contribution is 2.35. The van der Waals surface area contributed by atoms with Crippen LogP contribution in [-0.2, 0) is 0 Å². The summed E-state index contributed by atoms with van der Waals surface area (Å²) in [7, 11) is 6.86. The molecule has 16 heavy (non-hydrogen) atoms. The number of hydrogen-bond acceptors (Lipinski definition) is 4. The molecule has 0 saturated heterocycles. The van der Waals surface area contributed by atoms with Crippen LogP contribution >= 0.6 is 0 Å². The first-order valence-corrected chi connectivity index (χ1v) is 4.92. The first-order valence-electron chi connectivity index (χ1n) is 4.92. The average molecular weight is 220 g/mol.